The number of aliphatic imine (C=N–C) groups is 1. The zero-order valence-corrected chi connectivity index (χ0v) is 19.0. The summed E-state index contributed by atoms with van der Waals surface area (Å²) in [4.78, 5) is 17.1. The lowest BCUT2D eigenvalue weighted by Crippen LogP contribution is -2.38. The van der Waals surface area contributed by atoms with Gasteiger partial charge in [-0.1, -0.05) is 22.0 Å². The van der Waals surface area contributed by atoms with Crippen molar-refractivity contribution in [2.45, 2.75) is 50.7 Å². The number of methoxy groups -OCH3 is 1. The van der Waals surface area contributed by atoms with Crippen LogP contribution < -0.4 is 15.8 Å². The number of hydrogen-bond donors (Lipinski definition) is 3. The molecule has 8 heteroatoms. The van der Waals surface area contributed by atoms with Gasteiger partial charge in [0.15, 0.2) is 5.96 Å². The third-order valence-corrected chi connectivity index (χ3v) is 5.97. The van der Waals surface area contributed by atoms with Crippen LogP contribution in [0.1, 0.15) is 47.2 Å². The van der Waals surface area contributed by atoms with E-state index in [2.05, 4.69) is 26.2 Å². The number of amides is 1. The summed E-state index contributed by atoms with van der Waals surface area (Å²) in [5.41, 5.74) is 7.38. The summed E-state index contributed by atoms with van der Waals surface area (Å²) in [6, 6.07) is 10.0. The standard InChI is InChI=1S/C23H27BrFN3O3/c1-31-21-12-6-15(24)13-14(21)5-11-18-19(3-2-4-20(18)25)22(30)28-23(26)27-16-7-9-17(29)10-8-16/h2-4,6,12-13,16-17,29H,5,7-11H2,1H3,(H3,26,27,28,30). The van der Waals surface area contributed by atoms with Gasteiger partial charge in [0.1, 0.15) is 11.6 Å². The summed E-state index contributed by atoms with van der Waals surface area (Å²) in [7, 11) is 1.59. The third kappa shape index (κ3) is 6.27. The molecule has 0 spiro atoms. The number of carbonyl (C=O) groups is 1. The van der Waals surface area contributed by atoms with E-state index >= 15 is 0 Å². The van der Waals surface area contributed by atoms with Crippen LogP contribution in [0.15, 0.2) is 45.9 Å². The smallest absolute Gasteiger partial charge is 0.258 e. The molecule has 0 aliphatic heterocycles. The van der Waals surface area contributed by atoms with Gasteiger partial charge in [-0.3, -0.25) is 10.1 Å². The molecule has 1 saturated carbocycles. The number of nitrogens with zero attached hydrogens (tertiary/aromatic N) is 1. The average Bonchev–Trinajstić information content (AvgIpc) is 2.74. The minimum atomic E-state index is -0.493. The number of hydrogen-bond acceptors (Lipinski definition) is 4. The summed E-state index contributed by atoms with van der Waals surface area (Å²) in [6.45, 7) is 0. The minimum absolute atomic E-state index is 0.00950. The van der Waals surface area contributed by atoms with E-state index in [0.29, 0.717) is 37.0 Å². The number of rotatable bonds is 6. The molecule has 0 radical (unpaired) electrons. The molecule has 166 valence electrons. The van der Waals surface area contributed by atoms with Crippen LogP contribution in [-0.2, 0) is 12.8 Å². The summed E-state index contributed by atoms with van der Waals surface area (Å²) in [5.74, 6) is -0.221. The Bertz CT molecular complexity index is 959. The molecule has 2 aromatic rings. The van der Waals surface area contributed by atoms with Crippen LogP contribution in [0.3, 0.4) is 0 Å². The monoisotopic (exact) mass is 491 g/mol. The lowest BCUT2D eigenvalue weighted by Gasteiger charge is -2.22. The predicted octanol–water partition coefficient (Wildman–Crippen LogP) is 3.73. The molecule has 0 bridgehead atoms. The number of benzene rings is 2. The molecule has 0 unspecified atom stereocenters. The van der Waals surface area contributed by atoms with Crippen molar-refractivity contribution in [3.05, 3.63) is 63.4 Å². The fourth-order valence-corrected chi connectivity index (χ4v) is 4.24. The number of nitrogens with one attached hydrogen (secondary N) is 1. The molecular weight excluding hydrogens is 465 g/mol. The van der Waals surface area contributed by atoms with Crippen LogP contribution in [0.4, 0.5) is 4.39 Å². The van der Waals surface area contributed by atoms with Crippen molar-refractivity contribution in [3.63, 3.8) is 0 Å². The Morgan fingerprint density at radius 1 is 1.26 bits per heavy atom. The Labute approximate surface area is 189 Å². The molecule has 2 aromatic carbocycles. The van der Waals surface area contributed by atoms with Crippen molar-refractivity contribution in [2.24, 2.45) is 10.7 Å². The Kier molecular flexibility index (Phi) is 8.03. The van der Waals surface area contributed by atoms with Crippen molar-refractivity contribution in [1.29, 1.82) is 0 Å². The zero-order valence-electron chi connectivity index (χ0n) is 17.4. The number of aliphatic hydroxyl groups is 1. The fourth-order valence-electron chi connectivity index (χ4n) is 3.83. The first kappa shape index (κ1) is 23.2. The van der Waals surface area contributed by atoms with Gasteiger partial charge in [0.2, 0.25) is 0 Å². The maximum atomic E-state index is 14.6. The van der Waals surface area contributed by atoms with Crippen LogP contribution in [0.2, 0.25) is 0 Å². The molecule has 0 saturated heterocycles. The number of guanidine groups is 1. The molecule has 31 heavy (non-hydrogen) atoms. The van der Waals surface area contributed by atoms with E-state index in [1.165, 1.54) is 12.1 Å². The Hall–Kier alpha value is -2.45. The molecule has 0 aromatic heterocycles. The molecule has 1 aliphatic carbocycles. The van der Waals surface area contributed by atoms with Gasteiger partial charge in [-0.05, 0) is 74.4 Å². The average molecular weight is 492 g/mol. The summed E-state index contributed by atoms with van der Waals surface area (Å²) in [6.07, 6.45) is 3.30. The molecular formula is C23H27BrFN3O3. The van der Waals surface area contributed by atoms with Crippen molar-refractivity contribution < 1.29 is 19.0 Å². The second-order valence-electron chi connectivity index (χ2n) is 7.65. The highest BCUT2D eigenvalue weighted by Crippen LogP contribution is 2.26. The van der Waals surface area contributed by atoms with E-state index in [0.717, 1.165) is 22.9 Å². The zero-order chi connectivity index (χ0) is 22.4. The first-order chi connectivity index (χ1) is 14.9. The van der Waals surface area contributed by atoms with Gasteiger partial charge in [-0.25, -0.2) is 9.38 Å². The van der Waals surface area contributed by atoms with Gasteiger partial charge >= 0.3 is 0 Å². The number of nitrogens with two attached hydrogens (primary N) is 1. The molecule has 4 N–H and O–H groups in total. The number of aryl methyl sites for hydroxylation is 1. The third-order valence-electron chi connectivity index (χ3n) is 5.48. The van der Waals surface area contributed by atoms with E-state index in [4.69, 9.17) is 10.5 Å². The van der Waals surface area contributed by atoms with Crippen LogP contribution >= 0.6 is 15.9 Å². The predicted molar refractivity (Wildman–Crippen MR) is 122 cm³/mol. The summed E-state index contributed by atoms with van der Waals surface area (Å²) < 4.78 is 20.9. The number of ether oxygens (including phenoxy) is 1. The van der Waals surface area contributed by atoms with E-state index in [9.17, 15) is 14.3 Å². The van der Waals surface area contributed by atoms with E-state index in [1.807, 2.05) is 18.2 Å². The van der Waals surface area contributed by atoms with Crippen molar-refractivity contribution in [2.75, 3.05) is 7.11 Å². The maximum Gasteiger partial charge on any atom is 0.258 e. The van der Waals surface area contributed by atoms with E-state index in [1.54, 1.807) is 13.2 Å². The number of aliphatic hydroxyl groups excluding tert-OH is 1. The lowest BCUT2D eigenvalue weighted by molar-refractivity contribution is 0.0974. The van der Waals surface area contributed by atoms with E-state index < -0.39 is 11.7 Å². The SMILES string of the molecule is COc1ccc(Br)cc1CCc1c(F)cccc1C(=O)NC(N)=NC1CCC(O)CC1. The second kappa shape index (κ2) is 10.7. The Balaban J connectivity index is 1.73. The highest BCUT2D eigenvalue weighted by atomic mass is 79.9. The molecule has 1 fully saturated rings. The van der Waals surface area contributed by atoms with Crippen LogP contribution in [0.25, 0.3) is 0 Å². The normalized spacial score (nSPS) is 19.2. The largest absolute Gasteiger partial charge is 0.496 e. The molecule has 1 aliphatic rings. The van der Waals surface area contributed by atoms with Crippen LogP contribution in [0, 0.1) is 5.82 Å². The highest BCUT2D eigenvalue weighted by molar-refractivity contribution is 9.10. The lowest BCUT2D eigenvalue weighted by atomic mass is 9.94. The summed E-state index contributed by atoms with van der Waals surface area (Å²) in [5, 5.41) is 12.2. The number of carbonyl (C=O) groups excluding carboxylic acids is 1. The summed E-state index contributed by atoms with van der Waals surface area (Å²) >= 11 is 3.44. The van der Waals surface area contributed by atoms with Crippen molar-refractivity contribution >= 4 is 27.8 Å². The maximum absolute atomic E-state index is 14.6. The Morgan fingerprint density at radius 2 is 2.00 bits per heavy atom. The second-order valence-corrected chi connectivity index (χ2v) is 8.57. The van der Waals surface area contributed by atoms with Gasteiger partial charge in [0.25, 0.3) is 5.91 Å². The fraction of sp³-hybridized carbons (Fsp3) is 0.391. The van der Waals surface area contributed by atoms with Gasteiger partial charge in [0, 0.05) is 15.6 Å². The molecule has 0 atom stereocenters. The van der Waals surface area contributed by atoms with Crippen molar-refractivity contribution in [1.82, 2.24) is 5.32 Å². The van der Waals surface area contributed by atoms with Gasteiger partial charge in [-0.15, -0.1) is 0 Å². The topological polar surface area (TPSA) is 96.9 Å². The molecule has 3 rings (SSSR count). The van der Waals surface area contributed by atoms with Gasteiger partial charge in [0.05, 0.1) is 19.3 Å². The van der Waals surface area contributed by atoms with Crippen LogP contribution in [0.5, 0.6) is 5.75 Å². The molecule has 6 nitrogen and oxygen atoms in total. The van der Waals surface area contributed by atoms with Crippen LogP contribution in [-0.4, -0.2) is 36.2 Å². The van der Waals surface area contributed by atoms with Crippen molar-refractivity contribution in [3.8, 4) is 5.75 Å². The first-order valence-corrected chi connectivity index (χ1v) is 11.1. The minimum Gasteiger partial charge on any atom is -0.496 e. The molecule has 0 heterocycles. The quantitative estimate of drug-likeness (QED) is 0.423. The van der Waals surface area contributed by atoms with Gasteiger partial charge < -0.3 is 15.6 Å². The molecule has 1 amide bonds. The van der Waals surface area contributed by atoms with E-state index in [-0.39, 0.29) is 23.7 Å². The Morgan fingerprint density at radius 3 is 2.71 bits per heavy atom. The first-order valence-electron chi connectivity index (χ1n) is 10.3. The highest BCUT2D eigenvalue weighted by Gasteiger charge is 2.20. The number of halogens is 2. The van der Waals surface area contributed by atoms with Gasteiger partial charge in [-0.2, -0.15) is 0 Å².